The molecule has 2 amide bonds. The zero-order valence-electron chi connectivity index (χ0n) is 25.4. The van der Waals surface area contributed by atoms with E-state index in [4.69, 9.17) is 14.2 Å². The predicted molar refractivity (Wildman–Crippen MR) is 155 cm³/mol. The number of aromatic nitrogens is 2. The molecule has 1 fully saturated rings. The number of rotatable bonds is 4. The molecule has 4 rings (SSSR count). The minimum Gasteiger partial charge on any atom is -0.491 e. The fourth-order valence-electron chi connectivity index (χ4n) is 5.00. The van der Waals surface area contributed by atoms with Gasteiger partial charge in [0.1, 0.15) is 22.8 Å². The van der Waals surface area contributed by atoms with E-state index in [9.17, 15) is 9.59 Å². The highest BCUT2D eigenvalue weighted by molar-refractivity contribution is 5.88. The monoisotopic (exact) mass is 571 g/mol. The lowest BCUT2D eigenvalue weighted by Gasteiger charge is -2.26. The number of likely N-dealkylation sites (tertiary alicyclic amines) is 1. The molecule has 10 nitrogen and oxygen atoms in total. The van der Waals surface area contributed by atoms with E-state index in [-0.39, 0.29) is 17.8 Å². The molecule has 0 saturated carbocycles. The molecule has 4 heterocycles. The Kier molecular flexibility index (Phi) is 8.65. The summed E-state index contributed by atoms with van der Waals surface area (Å²) in [5.41, 5.74) is 1.13. The SMILES string of the molecule is Cc1cc(N(C)C(=O)OC(C)(C)C)cc(Nc2nc3c(c([C@@H]4CCCN(C(=O)OC(C)(C)C)CC4)c2F)OCC3)n1. The van der Waals surface area contributed by atoms with Gasteiger partial charge in [-0.05, 0) is 79.7 Å². The van der Waals surface area contributed by atoms with Crippen molar-refractivity contribution in [2.24, 2.45) is 0 Å². The molecule has 0 spiro atoms. The second kappa shape index (κ2) is 11.7. The molecule has 0 bridgehead atoms. The zero-order chi connectivity index (χ0) is 30.1. The lowest BCUT2D eigenvalue weighted by molar-refractivity contribution is 0.0256. The second-order valence-electron chi connectivity index (χ2n) is 12.7. The van der Waals surface area contributed by atoms with Gasteiger partial charge in [0.15, 0.2) is 11.6 Å². The van der Waals surface area contributed by atoms with Crippen molar-refractivity contribution >= 4 is 29.5 Å². The fourth-order valence-corrected chi connectivity index (χ4v) is 5.00. The van der Waals surface area contributed by atoms with Crippen molar-refractivity contribution in [1.29, 1.82) is 0 Å². The van der Waals surface area contributed by atoms with Crippen molar-refractivity contribution in [3.63, 3.8) is 0 Å². The normalized spacial score (nSPS) is 17.3. The third-order valence-electron chi connectivity index (χ3n) is 6.81. The van der Waals surface area contributed by atoms with Crippen LogP contribution in [0.4, 0.5) is 31.3 Å². The van der Waals surface area contributed by atoms with Crippen LogP contribution in [-0.2, 0) is 15.9 Å². The molecule has 224 valence electrons. The van der Waals surface area contributed by atoms with Gasteiger partial charge in [-0.15, -0.1) is 0 Å². The maximum atomic E-state index is 16.3. The number of pyridine rings is 2. The number of nitrogens with one attached hydrogen (secondary N) is 1. The van der Waals surface area contributed by atoms with Crippen LogP contribution in [0.1, 0.15) is 83.7 Å². The second-order valence-corrected chi connectivity index (χ2v) is 12.7. The van der Waals surface area contributed by atoms with Gasteiger partial charge in [-0.3, -0.25) is 4.90 Å². The van der Waals surface area contributed by atoms with Crippen LogP contribution in [0.25, 0.3) is 0 Å². The van der Waals surface area contributed by atoms with E-state index in [0.29, 0.717) is 79.6 Å². The van der Waals surface area contributed by atoms with E-state index < -0.39 is 23.1 Å². The number of hydrogen-bond acceptors (Lipinski definition) is 8. The van der Waals surface area contributed by atoms with Crippen molar-refractivity contribution in [3.8, 4) is 5.75 Å². The molecule has 0 aromatic carbocycles. The van der Waals surface area contributed by atoms with Crippen LogP contribution >= 0.6 is 0 Å². The van der Waals surface area contributed by atoms with Crippen LogP contribution in [0.3, 0.4) is 0 Å². The molecule has 2 aromatic heterocycles. The Hall–Kier alpha value is -3.63. The van der Waals surface area contributed by atoms with Crippen molar-refractivity contribution < 1.29 is 28.2 Å². The number of amides is 2. The molecule has 11 heteroatoms. The summed E-state index contributed by atoms with van der Waals surface area (Å²) >= 11 is 0. The van der Waals surface area contributed by atoms with Gasteiger partial charge >= 0.3 is 12.2 Å². The molecule has 1 atom stereocenters. The smallest absolute Gasteiger partial charge is 0.414 e. The van der Waals surface area contributed by atoms with Gasteiger partial charge in [0.05, 0.1) is 18.0 Å². The van der Waals surface area contributed by atoms with Crippen LogP contribution in [-0.4, -0.2) is 65.0 Å². The summed E-state index contributed by atoms with van der Waals surface area (Å²) in [5.74, 6) is 0.264. The van der Waals surface area contributed by atoms with E-state index in [1.54, 1.807) is 51.8 Å². The lowest BCUT2D eigenvalue weighted by Crippen LogP contribution is -2.37. The third-order valence-corrected chi connectivity index (χ3v) is 6.81. The maximum Gasteiger partial charge on any atom is 0.414 e. The fraction of sp³-hybridized carbons (Fsp3) is 0.600. The number of anilines is 3. The van der Waals surface area contributed by atoms with E-state index in [1.165, 1.54) is 4.90 Å². The number of ether oxygens (including phenoxy) is 3. The van der Waals surface area contributed by atoms with Gasteiger partial charge in [0, 0.05) is 43.9 Å². The molecule has 41 heavy (non-hydrogen) atoms. The number of carbonyl (C=O) groups is 2. The highest BCUT2D eigenvalue weighted by Crippen LogP contribution is 2.42. The van der Waals surface area contributed by atoms with Gasteiger partial charge in [-0.1, -0.05) is 0 Å². The lowest BCUT2D eigenvalue weighted by atomic mass is 9.90. The Bertz CT molecular complexity index is 1300. The Labute approximate surface area is 241 Å². The number of aryl methyl sites for hydroxylation is 1. The summed E-state index contributed by atoms with van der Waals surface area (Å²) in [5, 5.41) is 3.06. The van der Waals surface area contributed by atoms with Crippen molar-refractivity contribution in [2.45, 2.75) is 91.3 Å². The standard InChI is InChI=1S/C30H42FN5O5/c1-18-16-20(35(8)27(37)40-29(2,3)4)17-22(32-18)34-26-24(31)23(25-21(33-26)12-15-39-25)19-10-9-13-36(14-11-19)28(38)41-30(5,6)7/h16-17,19H,9-15H2,1-8H3,(H,32,33,34)/t19-/m1/s1. The van der Waals surface area contributed by atoms with Gasteiger partial charge < -0.3 is 24.4 Å². The summed E-state index contributed by atoms with van der Waals surface area (Å²) in [6.07, 6.45) is 1.69. The van der Waals surface area contributed by atoms with Crippen molar-refractivity contribution in [1.82, 2.24) is 14.9 Å². The van der Waals surface area contributed by atoms with Crippen LogP contribution in [0.5, 0.6) is 5.75 Å². The summed E-state index contributed by atoms with van der Waals surface area (Å²) < 4.78 is 33.2. The Morgan fingerprint density at radius 3 is 2.46 bits per heavy atom. The molecule has 2 aromatic rings. The topological polar surface area (TPSA) is 106 Å². The first-order valence-electron chi connectivity index (χ1n) is 14.2. The summed E-state index contributed by atoms with van der Waals surface area (Å²) in [6.45, 7) is 14.2. The van der Waals surface area contributed by atoms with Gasteiger partial charge in [-0.25, -0.2) is 23.9 Å². The van der Waals surface area contributed by atoms with E-state index in [2.05, 4.69) is 15.3 Å². The summed E-state index contributed by atoms with van der Waals surface area (Å²) in [7, 11) is 1.61. The predicted octanol–water partition coefficient (Wildman–Crippen LogP) is 6.48. The highest BCUT2D eigenvalue weighted by atomic mass is 19.1. The number of fused-ring (bicyclic) bond motifs is 1. The first-order valence-corrected chi connectivity index (χ1v) is 14.2. The quantitative estimate of drug-likeness (QED) is 0.445. The van der Waals surface area contributed by atoms with Crippen molar-refractivity contribution in [3.05, 3.63) is 34.9 Å². The molecule has 1 saturated heterocycles. The zero-order valence-corrected chi connectivity index (χ0v) is 25.4. The molecule has 2 aliphatic heterocycles. The van der Waals surface area contributed by atoms with Gasteiger partial charge in [-0.2, -0.15) is 0 Å². The molecule has 1 N–H and O–H groups in total. The first kappa shape index (κ1) is 30.3. The summed E-state index contributed by atoms with van der Waals surface area (Å²) in [4.78, 5) is 37.5. The first-order chi connectivity index (χ1) is 19.1. The van der Waals surface area contributed by atoms with Crippen LogP contribution in [0, 0.1) is 12.7 Å². The average molecular weight is 572 g/mol. The molecule has 0 radical (unpaired) electrons. The highest BCUT2D eigenvalue weighted by Gasteiger charge is 2.33. The number of carbonyl (C=O) groups excluding carboxylic acids is 2. The molecule has 0 unspecified atom stereocenters. The largest absolute Gasteiger partial charge is 0.491 e. The Morgan fingerprint density at radius 2 is 1.78 bits per heavy atom. The molecular weight excluding hydrogens is 529 g/mol. The maximum absolute atomic E-state index is 16.3. The molecule has 2 aliphatic rings. The average Bonchev–Trinajstić information content (AvgIpc) is 3.16. The number of nitrogens with zero attached hydrogens (tertiary/aromatic N) is 4. The molecular formula is C30H42FN5O5. The number of hydrogen-bond donors (Lipinski definition) is 1. The molecule has 0 aliphatic carbocycles. The minimum absolute atomic E-state index is 0.0569. The van der Waals surface area contributed by atoms with Crippen LogP contribution < -0.4 is 15.0 Å². The van der Waals surface area contributed by atoms with E-state index in [0.717, 1.165) is 0 Å². The van der Waals surface area contributed by atoms with E-state index >= 15 is 4.39 Å². The minimum atomic E-state index is -0.646. The van der Waals surface area contributed by atoms with Crippen LogP contribution in [0.15, 0.2) is 12.1 Å². The third kappa shape index (κ3) is 7.56. The summed E-state index contributed by atoms with van der Waals surface area (Å²) in [6, 6.07) is 3.41. The van der Waals surface area contributed by atoms with E-state index in [1.807, 2.05) is 20.8 Å². The van der Waals surface area contributed by atoms with Crippen LogP contribution in [0.2, 0.25) is 0 Å². The van der Waals surface area contributed by atoms with Gasteiger partial charge in [0.2, 0.25) is 0 Å². The Morgan fingerprint density at radius 1 is 1.07 bits per heavy atom. The van der Waals surface area contributed by atoms with Crippen molar-refractivity contribution in [2.75, 3.05) is 37.0 Å². The van der Waals surface area contributed by atoms with Gasteiger partial charge in [0.25, 0.3) is 0 Å². The number of halogens is 1. The Balaban J connectivity index is 1.59.